The quantitative estimate of drug-likeness (QED) is 0.698. The number of carboxylic acids is 1. The Bertz CT molecular complexity index is 373. The molecule has 2 rings (SSSR count). The van der Waals surface area contributed by atoms with Gasteiger partial charge in [-0.05, 0) is 58.0 Å². The van der Waals surface area contributed by atoms with Crippen molar-refractivity contribution < 1.29 is 14.7 Å². The van der Waals surface area contributed by atoms with Gasteiger partial charge in [-0.3, -0.25) is 9.59 Å². The third kappa shape index (κ3) is 3.47. The molecule has 1 saturated carbocycles. The fourth-order valence-electron chi connectivity index (χ4n) is 3.10. The molecule has 2 aliphatic rings. The predicted octanol–water partition coefficient (Wildman–Crippen LogP) is 1.14. The van der Waals surface area contributed by atoms with E-state index in [0.717, 1.165) is 32.4 Å². The number of carboxylic acid groups (broad SMARTS) is 1. The fraction of sp³-hybridized carbons (Fsp3) is 0.857. The van der Waals surface area contributed by atoms with Crippen LogP contribution in [0.1, 0.15) is 46.0 Å². The zero-order valence-corrected chi connectivity index (χ0v) is 11.8. The van der Waals surface area contributed by atoms with E-state index in [1.165, 1.54) is 0 Å². The molecule has 1 aliphatic carbocycles. The van der Waals surface area contributed by atoms with Gasteiger partial charge in [-0.15, -0.1) is 0 Å². The number of aliphatic carboxylic acids is 1. The third-order valence-corrected chi connectivity index (χ3v) is 4.53. The van der Waals surface area contributed by atoms with Crippen LogP contribution in [-0.4, -0.2) is 35.6 Å². The van der Waals surface area contributed by atoms with Crippen LogP contribution in [0.15, 0.2) is 0 Å². The Balaban J connectivity index is 1.83. The average Bonchev–Trinajstić information content (AvgIpc) is 3.01. The Morgan fingerprint density at radius 1 is 1.37 bits per heavy atom. The summed E-state index contributed by atoms with van der Waals surface area (Å²) >= 11 is 0. The van der Waals surface area contributed by atoms with Gasteiger partial charge in [-0.25, -0.2) is 0 Å². The molecule has 19 heavy (non-hydrogen) atoms. The maximum atomic E-state index is 12.3. The molecule has 1 atom stereocenters. The number of carbonyl (C=O) groups excluding carboxylic acids is 1. The van der Waals surface area contributed by atoms with Crippen molar-refractivity contribution in [2.24, 2.45) is 11.3 Å². The van der Waals surface area contributed by atoms with Gasteiger partial charge in [0.15, 0.2) is 0 Å². The highest BCUT2D eigenvalue weighted by molar-refractivity contribution is 5.83. The molecule has 5 heteroatoms. The van der Waals surface area contributed by atoms with Gasteiger partial charge in [0.25, 0.3) is 0 Å². The molecule has 1 spiro atoms. The van der Waals surface area contributed by atoms with Gasteiger partial charge in [0.2, 0.25) is 5.91 Å². The van der Waals surface area contributed by atoms with E-state index in [1.54, 1.807) is 0 Å². The van der Waals surface area contributed by atoms with Gasteiger partial charge in [-0.1, -0.05) is 0 Å². The van der Waals surface area contributed by atoms with E-state index in [1.807, 2.05) is 13.8 Å². The summed E-state index contributed by atoms with van der Waals surface area (Å²) in [7, 11) is 0. The van der Waals surface area contributed by atoms with Crippen LogP contribution in [0.5, 0.6) is 0 Å². The van der Waals surface area contributed by atoms with Crippen molar-refractivity contribution in [2.75, 3.05) is 13.1 Å². The summed E-state index contributed by atoms with van der Waals surface area (Å²) < 4.78 is 0. The number of hydrogen-bond donors (Lipinski definition) is 3. The highest BCUT2D eigenvalue weighted by atomic mass is 16.4. The summed E-state index contributed by atoms with van der Waals surface area (Å²) in [5, 5.41) is 15.1. The van der Waals surface area contributed by atoms with Crippen molar-refractivity contribution in [3.63, 3.8) is 0 Å². The Morgan fingerprint density at radius 2 is 2.00 bits per heavy atom. The lowest BCUT2D eigenvalue weighted by Gasteiger charge is -2.28. The summed E-state index contributed by atoms with van der Waals surface area (Å²) in [5.74, 6) is -0.570. The van der Waals surface area contributed by atoms with E-state index < -0.39 is 11.5 Å². The molecule has 1 amide bonds. The molecular weight excluding hydrogens is 244 g/mol. The van der Waals surface area contributed by atoms with Gasteiger partial charge in [0.1, 0.15) is 0 Å². The molecule has 0 aromatic heterocycles. The second kappa shape index (κ2) is 5.12. The summed E-state index contributed by atoms with van der Waals surface area (Å²) in [6, 6.07) is 0. The molecular formula is C14H24N2O3. The standard InChI is InChI=1S/C14H24N2O3/c1-13(2,4-3-11(17)18)16-12(19)10-9-14(10)5-7-15-8-6-14/h10,15H,3-9H2,1-2H3,(H,16,19)(H,17,18). The molecule has 3 N–H and O–H groups in total. The number of rotatable bonds is 5. The minimum atomic E-state index is -0.816. The summed E-state index contributed by atoms with van der Waals surface area (Å²) in [5.41, 5.74) is -0.204. The van der Waals surface area contributed by atoms with Crippen LogP contribution in [0.2, 0.25) is 0 Å². The Kier molecular flexibility index (Phi) is 3.85. The van der Waals surface area contributed by atoms with Gasteiger partial charge in [0, 0.05) is 17.9 Å². The van der Waals surface area contributed by atoms with Crippen LogP contribution in [0, 0.1) is 11.3 Å². The minimum Gasteiger partial charge on any atom is -0.481 e. The molecule has 108 valence electrons. The lowest BCUT2D eigenvalue weighted by molar-refractivity contribution is -0.138. The summed E-state index contributed by atoms with van der Waals surface area (Å²) in [6.45, 7) is 5.80. The lowest BCUT2D eigenvalue weighted by Crippen LogP contribution is -2.45. The Labute approximate surface area is 114 Å². The topological polar surface area (TPSA) is 78.4 Å². The Morgan fingerprint density at radius 3 is 2.58 bits per heavy atom. The molecule has 0 bridgehead atoms. The highest BCUT2D eigenvalue weighted by Gasteiger charge is 2.57. The van der Waals surface area contributed by atoms with Crippen LogP contribution < -0.4 is 10.6 Å². The van der Waals surface area contributed by atoms with E-state index >= 15 is 0 Å². The van der Waals surface area contributed by atoms with Crippen molar-refractivity contribution in [3.05, 3.63) is 0 Å². The average molecular weight is 268 g/mol. The first kappa shape index (κ1) is 14.3. The molecule has 1 unspecified atom stereocenters. The highest BCUT2D eigenvalue weighted by Crippen LogP contribution is 2.58. The van der Waals surface area contributed by atoms with Crippen LogP contribution in [0.4, 0.5) is 0 Å². The fourth-order valence-corrected chi connectivity index (χ4v) is 3.10. The van der Waals surface area contributed by atoms with E-state index in [2.05, 4.69) is 10.6 Å². The van der Waals surface area contributed by atoms with E-state index in [-0.39, 0.29) is 23.7 Å². The first-order valence-electron chi connectivity index (χ1n) is 7.09. The normalized spacial score (nSPS) is 25.1. The SMILES string of the molecule is CC(C)(CCC(=O)O)NC(=O)C1CC12CCNCC2. The molecule has 5 nitrogen and oxygen atoms in total. The molecule has 2 fully saturated rings. The number of piperidine rings is 1. The smallest absolute Gasteiger partial charge is 0.303 e. The van der Waals surface area contributed by atoms with Crippen molar-refractivity contribution in [2.45, 2.75) is 51.5 Å². The van der Waals surface area contributed by atoms with Gasteiger partial charge in [-0.2, -0.15) is 0 Å². The van der Waals surface area contributed by atoms with Crippen molar-refractivity contribution >= 4 is 11.9 Å². The van der Waals surface area contributed by atoms with Crippen LogP contribution in [0.3, 0.4) is 0 Å². The minimum absolute atomic E-state index is 0.0903. The largest absolute Gasteiger partial charge is 0.481 e. The van der Waals surface area contributed by atoms with Crippen molar-refractivity contribution in [3.8, 4) is 0 Å². The van der Waals surface area contributed by atoms with Crippen LogP contribution in [-0.2, 0) is 9.59 Å². The summed E-state index contributed by atoms with van der Waals surface area (Å²) in [6.07, 6.45) is 3.72. The Hall–Kier alpha value is -1.10. The van der Waals surface area contributed by atoms with Crippen molar-refractivity contribution in [1.29, 1.82) is 0 Å². The number of hydrogen-bond acceptors (Lipinski definition) is 3. The molecule has 0 aromatic rings. The number of amides is 1. The second-order valence-corrected chi connectivity index (χ2v) is 6.64. The van der Waals surface area contributed by atoms with Crippen LogP contribution >= 0.6 is 0 Å². The maximum Gasteiger partial charge on any atom is 0.303 e. The van der Waals surface area contributed by atoms with Gasteiger partial charge in [0.05, 0.1) is 0 Å². The number of nitrogens with one attached hydrogen (secondary N) is 2. The second-order valence-electron chi connectivity index (χ2n) is 6.64. The third-order valence-electron chi connectivity index (χ3n) is 4.53. The van der Waals surface area contributed by atoms with E-state index in [9.17, 15) is 9.59 Å². The zero-order chi connectivity index (χ0) is 14.1. The lowest BCUT2D eigenvalue weighted by atomic mass is 9.91. The van der Waals surface area contributed by atoms with E-state index in [4.69, 9.17) is 5.11 Å². The predicted molar refractivity (Wildman–Crippen MR) is 71.7 cm³/mol. The molecule has 1 saturated heterocycles. The van der Waals surface area contributed by atoms with E-state index in [0.29, 0.717) is 6.42 Å². The molecule has 1 aliphatic heterocycles. The van der Waals surface area contributed by atoms with Gasteiger partial charge < -0.3 is 15.7 Å². The first-order chi connectivity index (χ1) is 8.85. The first-order valence-corrected chi connectivity index (χ1v) is 7.09. The monoisotopic (exact) mass is 268 g/mol. The number of carbonyl (C=O) groups is 2. The van der Waals surface area contributed by atoms with Gasteiger partial charge >= 0.3 is 5.97 Å². The van der Waals surface area contributed by atoms with Crippen molar-refractivity contribution in [1.82, 2.24) is 10.6 Å². The molecule has 0 radical (unpaired) electrons. The van der Waals surface area contributed by atoms with Crippen LogP contribution in [0.25, 0.3) is 0 Å². The molecule has 0 aromatic carbocycles. The summed E-state index contributed by atoms with van der Waals surface area (Å²) in [4.78, 5) is 22.9. The maximum absolute atomic E-state index is 12.3. The molecule has 1 heterocycles. The zero-order valence-electron chi connectivity index (χ0n) is 11.8.